The molecule has 1 aromatic rings. The first-order chi connectivity index (χ1) is 6.53. The molecule has 0 unspecified atom stereocenters. The van der Waals surface area contributed by atoms with E-state index in [1.165, 1.54) is 12.8 Å². The molecule has 84 valence electrons. The monoisotopic (exact) mass is 229 g/mol. The summed E-state index contributed by atoms with van der Waals surface area (Å²) in [6.45, 7) is 3.98. The third-order valence-electron chi connectivity index (χ3n) is 3.19. The zero-order chi connectivity index (χ0) is 10.3. The van der Waals surface area contributed by atoms with Gasteiger partial charge < -0.3 is 5.73 Å². The highest BCUT2D eigenvalue weighted by Crippen LogP contribution is 2.47. The minimum absolute atomic E-state index is 0. The van der Waals surface area contributed by atoms with E-state index in [0.717, 1.165) is 5.56 Å². The molecule has 2 rings (SSSR count). The highest BCUT2D eigenvalue weighted by molar-refractivity contribution is 5.85. The van der Waals surface area contributed by atoms with Gasteiger partial charge in [-0.2, -0.15) is 0 Å². The minimum atomic E-state index is -0.226. The van der Waals surface area contributed by atoms with E-state index >= 15 is 0 Å². The SMILES string of the molecule is C[C@H](N)c1ccc(C2(C)CC2)cc1F.Cl. The molecule has 0 aliphatic heterocycles. The van der Waals surface area contributed by atoms with Gasteiger partial charge in [0.05, 0.1) is 0 Å². The summed E-state index contributed by atoms with van der Waals surface area (Å²) in [6, 6.07) is 5.25. The van der Waals surface area contributed by atoms with Crippen LogP contribution in [0.3, 0.4) is 0 Å². The molecule has 15 heavy (non-hydrogen) atoms. The Labute approximate surface area is 96.3 Å². The van der Waals surface area contributed by atoms with Crippen LogP contribution in [0.15, 0.2) is 18.2 Å². The Hall–Kier alpha value is -0.600. The van der Waals surface area contributed by atoms with E-state index in [1.807, 2.05) is 12.1 Å². The average molecular weight is 230 g/mol. The van der Waals surface area contributed by atoms with Crippen molar-refractivity contribution in [3.8, 4) is 0 Å². The van der Waals surface area contributed by atoms with Crippen LogP contribution >= 0.6 is 12.4 Å². The molecule has 1 atom stereocenters. The maximum atomic E-state index is 13.6. The predicted molar refractivity (Wildman–Crippen MR) is 62.8 cm³/mol. The van der Waals surface area contributed by atoms with Crippen LogP contribution in [0.1, 0.15) is 43.9 Å². The van der Waals surface area contributed by atoms with Crippen LogP contribution < -0.4 is 5.73 Å². The van der Waals surface area contributed by atoms with Crippen molar-refractivity contribution in [1.29, 1.82) is 0 Å². The first-order valence-electron chi connectivity index (χ1n) is 5.08. The van der Waals surface area contributed by atoms with E-state index in [1.54, 1.807) is 13.0 Å². The molecule has 0 heterocycles. The van der Waals surface area contributed by atoms with Gasteiger partial charge in [0.15, 0.2) is 0 Å². The summed E-state index contributed by atoms with van der Waals surface area (Å²) >= 11 is 0. The fourth-order valence-electron chi connectivity index (χ4n) is 1.75. The molecule has 0 saturated heterocycles. The second kappa shape index (κ2) is 4.11. The topological polar surface area (TPSA) is 26.0 Å². The Kier molecular flexibility index (Phi) is 3.41. The van der Waals surface area contributed by atoms with E-state index in [-0.39, 0.29) is 29.7 Å². The van der Waals surface area contributed by atoms with Crippen LogP contribution in [0.4, 0.5) is 4.39 Å². The Bertz CT molecular complexity index is 359. The van der Waals surface area contributed by atoms with E-state index < -0.39 is 0 Å². The van der Waals surface area contributed by atoms with Gasteiger partial charge in [0, 0.05) is 11.6 Å². The summed E-state index contributed by atoms with van der Waals surface area (Å²) in [5.41, 5.74) is 7.60. The lowest BCUT2D eigenvalue weighted by molar-refractivity contribution is 0.588. The first kappa shape index (κ1) is 12.5. The summed E-state index contributed by atoms with van der Waals surface area (Å²) in [4.78, 5) is 0. The van der Waals surface area contributed by atoms with Crippen molar-refractivity contribution in [1.82, 2.24) is 0 Å². The highest BCUT2D eigenvalue weighted by atomic mass is 35.5. The quantitative estimate of drug-likeness (QED) is 0.827. The molecular weight excluding hydrogens is 213 g/mol. The van der Waals surface area contributed by atoms with E-state index in [0.29, 0.717) is 5.56 Å². The van der Waals surface area contributed by atoms with E-state index in [4.69, 9.17) is 5.73 Å². The third-order valence-corrected chi connectivity index (χ3v) is 3.19. The van der Waals surface area contributed by atoms with E-state index in [2.05, 4.69) is 6.92 Å². The Morgan fingerprint density at radius 2 is 2.00 bits per heavy atom. The standard InChI is InChI=1S/C12H16FN.ClH/c1-8(14)10-4-3-9(7-11(10)13)12(2)5-6-12;/h3-4,7-8H,5-6,14H2,1-2H3;1H/t8-;/m0./s1. The van der Waals surface area contributed by atoms with Crippen LogP contribution in [0.25, 0.3) is 0 Å². The van der Waals surface area contributed by atoms with Crippen LogP contribution in [0.2, 0.25) is 0 Å². The van der Waals surface area contributed by atoms with Gasteiger partial charge in [0.1, 0.15) is 5.82 Å². The van der Waals surface area contributed by atoms with Gasteiger partial charge in [-0.3, -0.25) is 0 Å². The number of hydrogen-bond donors (Lipinski definition) is 1. The molecule has 1 nitrogen and oxygen atoms in total. The smallest absolute Gasteiger partial charge is 0.128 e. The lowest BCUT2D eigenvalue weighted by atomic mass is 9.95. The van der Waals surface area contributed by atoms with Crippen LogP contribution in [-0.2, 0) is 5.41 Å². The molecule has 3 heteroatoms. The molecule has 0 radical (unpaired) electrons. The van der Waals surface area contributed by atoms with Crippen molar-refractivity contribution in [3.63, 3.8) is 0 Å². The second-order valence-corrected chi connectivity index (χ2v) is 4.59. The predicted octanol–water partition coefficient (Wildman–Crippen LogP) is 3.32. The van der Waals surface area contributed by atoms with Gasteiger partial charge in [-0.05, 0) is 36.8 Å². The largest absolute Gasteiger partial charge is 0.324 e. The number of hydrogen-bond acceptors (Lipinski definition) is 1. The van der Waals surface area contributed by atoms with Crippen molar-refractivity contribution in [3.05, 3.63) is 35.1 Å². The molecule has 1 aliphatic rings. The average Bonchev–Trinajstić information content (AvgIpc) is 2.84. The fraction of sp³-hybridized carbons (Fsp3) is 0.500. The molecule has 2 N–H and O–H groups in total. The van der Waals surface area contributed by atoms with Gasteiger partial charge in [-0.15, -0.1) is 12.4 Å². The van der Waals surface area contributed by atoms with Gasteiger partial charge in [-0.25, -0.2) is 4.39 Å². The Morgan fingerprint density at radius 3 is 2.40 bits per heavy atom. The lowest BCUT2D eigenvalue weighted by Crippen LogP contribution is -2.09. The maximum absolute atomic E-state index is 13.6. The summed E-state index contributed by atoms with van der Waals surface area (Å²) in [5, 5.41) is 0. The first-order valence-corrected chi connectivity index (χ1v) is 5.08. The maximum Gasteiger partial charge on any atom is 0.128 e. The van der Waals surface area contributed by atoms with Crippen molar-refractivity contribution in [2.45, 2.75) is 38.1 Å². The zero-order valence-corrected chi connectivity index (χ0v) is 9.90. The number of rotatable bonds is 2. The van der Waals surface area contributed by atoms with E-state index in [9.17, 15) is 4.39 Å². The fourth-order valence-corrected chi connectivity index (χ4v) is 1.75. The minimum Gasteiger partial charge on any atom is -0.324 e. The normalized spacial score (nSPS) is 19.2. The number of nitrogens with two attached hydrogens (primary N) is 1. The van der Waals surface area contributed by atoms with Crippen molar-refractivity contribution >= 4 is 12.4 Å². The molecular formula is C12H17ClFN. The van der Waals surface area contributed by atoms with Gasteiger partial charge in [-0.1, -0.05) is 19.1 Å². The molecule has 0 spiro atoms. The summed E-state index contributed by atoms with van der Waals surface area (Å²) in [6.07, 6.45) is 2.34. The van der Waals surface area contributed by atoms with Crippen molar-refractivity contribution in [2.75, 3.05) is 0 Å². The van der Waals surface area contributed by atoms with Gasteiger partial charge in [0.25, 0.3) is 0 Å². The molecule has 1 aromatic carbocycles. The molecule has 0 amide bonds. The Balaban J connectivity index is 0.00000112. The van der Waals surface area contributed by atoms with Gasteiger partial charge in [0.2, 0.25) is 0 Å². The lowest BCUT2D eigenvalue weighted by Gasteiger charge is -2.12. The number of halogens is 2. The number of benzene rings is 1. The van der Waals surface area contributed by atoms with Crippen LogP contribution in [-0.4, -0.2) is 0 Å². The molecule has 1 fully saturated rings. The van der Waals surface area contributed by atoms with Gasteiger partial charge >= 0.3 is 0 Å². The third kappa shape index (κ3) is 2.32. The molecule has 0 aromatic heterocycles. The summed E-state index contributed by atoms with van der Waals surface area (Å²) < 4.78 is 13.6. The highest BCUT2D eigenvalue weighted by Gasteiger charge is 2.39. The molecule has 1 saturated carbocycles. The molecule has 1 aliphatic carbocycles. The summed E-state index contributed by atoms with van der Waals surface area (Å²) in [5.74, 6) is -0.161. The Morgan fingerprint density at radius 1 is 1.40 bits per heavy atom. The van der Waals surface area contributed by atoms with Crippen molar-refractivity contribution < 1.29 is 4.39 Å². The zero-order valence-electron chi connectivity index (χ0n) is 9.09. The molecule has 0 bridgehead atoms. The van der Waals surface area contributed by atoms with Crippen LogP contribution in [0, 0.1) is 5.82 Å². The van der Waals surface area contributed by atoms with Crippen LogP contribution in [0.5, 0.6) is 0 Å². The second-order valence-electron chi connectivity index (χ2n) is 4.59. The van der Waals surface area contributed by atoms with Crippen molar-refractivity contribution in [2.24, 2.45) is 5.73 Å². The summed E-state index contributed by atoms with van der Waals surface area (Å²) in [7, 11) is 0.